The van der Waals surface area contributed by atoms with Crippen LogP contribution in [0.5, 0.6) is 5.75 Å². The van der Waals surface area contributed by atoms with Crippen LogP contribution in [0.25, 0.3) is 0 Å². The lowest BCUT2D eigenvalue weighted by molar-refractivity contribution is -0.132. The Morgan fingerprint density at radius 3 is 2.80 bits per heavy atom. The van der Waals surface area contributed by atoms with Gasteiger partial charge in [-0.3, -0.25) is 4.79 Å². The van der Waals surface area contributed by atoms with E-state index in [0.29, 0.717) is 17.3 Å². The van der Waals surface area contributed by atoms with Gasteiger partial charge in [-0.05, 0) is 37.3 Å². The Morgan fingerprint density at radius 2 is 2.15 bits per heavy atom. The molecule has 1 aromatic heterocycles. The average molecular weight is 294 g/mol. The minimum Gasteiger partial charge on any atom is -0.484 e. The zero-order chi connectivity index (χ0) is 14.5. The van der Waals surface area contributed by atoms with Crippen molar-refractivity contribution in [2.45, 2.75) is 13.5 Å². The molecule has 0 atom stereocenters. The van der Waals surface area contributed by atoms with Crippen LogP contribution in [0.3, 0.4) is 0 Å². The van der Waals surface area contributed by atoms with Gasteiger partial charge in [0.1, 0.15) is 17.3 Å². The number of benzene rings is 1. The van der Waals surface area contributed by atoms with Crippen LogP contribution in [0, 0.1) is 6.92 Å². The molecule has 0 saturated heterocycles. The Bertz CT molecular complexity index is 594. The second-order valence-corrected chi connectivity index (χ2v) is 4.94. The maximum atomic E-state index is 11.9. The van der Waals surface area contributed by atoms with Crippen molar-refractivity contribution < 1.29 is 13.9 Å². The van der Waals surface area contributed by atoms with Crippen LogP contribution < -0.4 is 4.74 Å². The highest BCUT2D eigenvalue weighted by Gasteiger charge is 2.12. The fourth-order valence-electron chi connectivity index (χ4n) is 1.70. The van der Waals surface area contributed by atoms with E-state index in [1.54, 1.807) is 36.2 Å². The summed E-state index contributed by atoms with van der Waals surface area (Å²) in [6.45, 7) is 2.26. The summed E-state index contributed by atoms with van der Waals surface area (Å²) in [5, 5.41) is 0.578. The number of nitrogens with zero attached hydrogens (tertiary/aromatic N) is 1. The maximum Gasteiger partial charge on any atom is 0.260 e. The summed E-state index contributed by atoms with van der Waals surface area (Å²) in [6.07, 6.45) is 0. The third-order valence-corrected chi connectivity index (χ3v) is 3.01. The molecule has 1 aromatic carbocycles. The molecule has 0 fully saturated rings. The minimum absolute atomic E-state index is 0.0312. The van der Waals surface area contributed by atoms with Gasteiger partial charge in [-0.2, -0.15) is 0 Å². The summed E-state index contributed by atoms with van der Waals surface area (Å²) in [7, 11) is 1.71. The van der Waals surface area contributed by atoms with E-state index in [1.165, 1.54) is 0 Å². The molecule has 0 aliphatic rings. The standard InChI is InChI=1S/C15H16ClNO3/c1-11-6-7-14(20-11)9-17(2)15(18)10-19-13-5-3-4-12(16)8-13/h3-8H,9-10H2,1-2H3. The van der Waals surface area contributed by atoms with E-state index >= 15 is 0 Å². The number of furan rings is 1. The van der Waals surface area contributed by atoms with Gasteiger partial charge in [0, 0.05) is 12.1 Å². The SMILES string of the molecule is Cc1ccc(CN(C)C(=O)COc2cccc(Cl)c2)o1. The minimum atomic E-state index is -0.126. The number of carbonyl (C=O) groups excluding carboxylic acids is 1. The normalized spacial score (nSPS) is 10.3. The molecule has 106 valence electrons. The zero-order valence-corrected chi connectivity index (χ0v) is 12.2. The van der Waals surface area contributed by atoms with Gasteiger partial charge in [0.15, 0.2) is 6.61 Å². The predicted octanol–water partition coefficient (Wildman–Crippen LogP) is 3.28. The fourth-order valence-corrected chi connectivity index (χ4v) is 1.88. The average Bonchev–Trinajstić information content (AvgIpc) is 2.81. The summed E-state index contributed by atoms with van der Waals surface area (Å²) in [4.78, 5) is 13.5. The van der Waals surface area contributed by atoms with E-state index in [1.807, 2.05) is 19.1 Å². The van der Waals surface area contributed by atoms with Gasteiger partial charge >= 0.3 is 0 Å². The first-order chi connectivity index (χ1) is 9.54. The van der Waals surface area contributed by atoms with Gasteiger partial charge in [0.2, 0.25) is 0 Å². The second kappa shape index (κ2) is 6.48. The molecule has 4 nitrogen and oxygen atoms in total. The number of amides is 1. The largest absolute Gasteiger partial charge is 0.484 e. The molecule has 5 heteroatoms. The van der Waals surface area contributed by atoms with Crippen molar-refractivity contribution in [1.82, 2.24) is 4.90 Å². The number of ether oxygens (including phenoxy) is 1. The Hall–Kier alpha value is -1.94. The quantitative estimate of drug-likeness (QED) is 0.849. The molecule has 2 rings (SSSR count). The predicted molar refractivity (Wildman–Crippen MR) is 76.9 cm³/mol. The van der Waals surface area contributed by atoms with E-state index in [9.17, 15) is 4.79 Å². The highest BCUT2D eigenvalue weighted by atomic mass is 35.5. The van der Waals surface area contributed by atoms with Crippen LogP contribution in [-0.4, -0.2) is 24.5 Å². The first-order valence-corrected chi connectivity index (χ1v) is 6.60. The Kier molecular flexibility index (Phi) is 4.69. The highest BCUT2D eigenvalue weighted by Crippen LogP contribution is 2.17. The molecule has 0 aliphatic carbocycles. The van der Waals surface area contributed by atoms with Crippen molar-refractivity contribution in [3.05, 3.63) is 52.9 Å². The molecule has 20 heavy (non-hydrogen) atoms. The van der Waals surface area contributed by atoms with Crippen LogP contribution in [0.15, 0.2) is 40.8 Å². The summed E-state index contributed by atoms with van der Waals surface area (Å²) in [5.41, 5.74) is 0. The van der Waals surface area contributed by atoms with Crippen molar-refractivity contribution in [1.29, 1.82) is 0 Å². The number of halogens is 1. The van der Waals surface area contributed by atoms with Crippen molar-refractivity contribution >= 4 is 17.5 Å². The van der Waals surface area contributed by atoms with E-state index in [-0.39, 0.29) is 12.5 Å². The smallest absolute Gasteiger partial charge is 0.260 e. The van der Waals surface area contributed by atoms with Gasteiger partial charge in [-0.1, -0.05) is 17.7 Å². The number of likely N-dealkylation sites (N-methyl/N-ethyl adjacent to an activating group) is 1. The molecular weight excluding hydrogens is 278 g/mol. The number of rotatable bonds is 5. The lowest BCUT2D eigenvalue weighted by Crippen LogP contribution is -2.30. The molecule has 0 radical (unpaired) electrons. The van der Waals surface area contributed by atoms with Crippen LogP contribution >= 0.6 is 11.6 Å². The van der Waals surface area contributed by atoms with E-state index in [2.05, 4.69) is 0 Å². The van der Waals surface area contributed by atoms with Crippen LogP contribution in [-0.2, 0) is 11.3 Å². The van der Waals surface area contributed by atoms with Crippen LogP contribution in [0.1, 0.15) is 11.5 Å². The van der Waals surface area contributed by atoms with Crippen molar-refractivity contribution in [3.8, 4) is 5.75 Å². The van der Waals surface area contributed by atoms with Gasteiger partial charge in [0.25, 0.3) is 5.91 Å². The molecule has 1 heterocycles. The summed E-state index contributed by atoms with van der Waals surface area (Å²) in [5.74, 6) is 2.03. The lowest BCUT2D eigenvalue weighted by atomic mass is 10.3. The number of carbonyl (C=O) groups is 1. The molecular formula is C15H16ClNO3. The fraction of sp³-hybridized carbons (Fsp3) is 0.267. The molecule has 1 amide bonds. The number of hydrogen-bond donors (Lipinski definition) is 0. The van der Waals surface area contributed by atoms with E-state index < -0.39 is 0 Å². The molecule has 0 aliphatic heterocycles. The van der Waals surface area contributed by atoms with Gasteiger partial charge < -0.3 is 14.1 Å². The lowest BCUT2D eigenvalue weighted by Gasteiger charge is -2.16. The second-order valence-electron chi connectivity index (χ2n) is 4.51. The first-order valence-electron chi connectivity index (χ1n) is 6.22. The Balaban J connectivity index is 1.85. The summed E-state index contributed by atoms with van der Waals surface area (Å²) >= 11 is 5.84. The van der Waals surface area contributed by atoms with E-state index in [4.69, 9.17) is 20.8 Å². The van der Waals surface area contributed by atoms with Gasteiger partial charge in [0.05, 0.1) is 6.54 Å². The third kappa shape index (κ3) is 4.03. The highest BCUT2D eigenvalue weighted by molar-refractivity contribution is 6.30. The van der Waals surface area contributed by atoms with E-state index in [0.717, 1.165) is 11.5 Å². The number of hydrogen-bond acceptors (Lipinski definition) is 3. The molecule has 0 saturated carbocycles. The topological polar surface area (TPSA) is 42.7 Å². The van der Waals surface area contributed by atoms with Crippen LogP contribution in [0.4, 0.5) is 0 Å². The molecule has 0 spiro atoms. The van der Waals surface area contributed by atoms with Crippen molar-refractivity contribution in [2.24, 2.45) is 0 Å². The number of aryl methyl sites for hydroxylation is 1. The Morgan fingerprint density at radius 1 is 1.35 bits per heavy atom. The first kappa shape index (κ1) is 14.5. The molecule has 0 unspecified atom stereocenters. The summed E-state index contributed by atoms with van der Waals surface area (Å²) in [6, 6.07) is 10.7. The van der Waals surface area contributed by atoms with Gasteiger partial charge in [-0.25, -0.2) is 0 Å². The van der Waals surface area contributed by atoms with Gasteiger partial charge in [-0.15, -0.1) is 0 Å². The third-order valence-electron chi connectivity index (χ3n) is 2.77. The van der Waals surface area contributed by atoms with Crippen molar-refractivity contribution in [3.63, 3.8) is 0 Å². The zero-order valence-electron chi connectivity index (χ0n) is 11.4. The molecule has 0 bridgehead atoms. The summed E-state index contributed by atoms with van der Waals surface area (Å²) < 4.78 is 10.8. The molecule has 2 aromatic rings. The maximum absolute atomic E-state index is 11.9. The van der Waals surface area contributed by atoms with Crippen molar-refractivity contribution in [2.75, 3.05) is 13.7 Å². The molecule has 0 N–H and O–H groups in total. The monoisotopic (exact) mass is 293 g/mol. The Labute approximate surface area is 122 Å². The van der Waals surface area contributed by atoms with Crippen LogP contribution in [0.2, 0.25) is 5.02 Å².